The molecule has 0 bridgehead atoms. The summed E-state index contributed by atoms with van der Waals surface area (Å²) in [5.74, 6) is 0.922. The minimum atomic E-state index is -0.135. The van der Waals surface area contributed by atoms with E-state index in [0.29, 0.717) is 28.8 Å². The number of carbonyl (C=O) groups is 1. The van der Waals surface area contributed by atoms with E-state index in [0.717, 1.165) is 16.8 Å². The van der Waals surface area contributed by atoms with Gasteiger partial charge in [0, 0.05) is 27.9 Å². The van der Waals surface area contributed by atoms with Crippen molar-refractivity contribution in [1.29, 1.82) is 0 Å². The normalized spacial score (nSPS) is 12.0. The van der Waals surface area contributed by atoms with Gasteiger partial charge in [-0.3, -0.25) is 9.69 Å². The number of carbonyl (C=O) groups excluding carboxylic acids is 1. The van der Waals surface area contributed by atoms with Crippen LogP contribution in [-0.2, 0) is 6.54 Å². The molecule has 1 N–H and O–H groups in total. The molecule has 0 aliphatic carbocycles. The van der Waals surface area contributed by atoms with Gasteiger partial charge in [0.2, 0.25) is 11.7 Å². The molecule has 0 unspecified atom stereocenters. The van der Waals surface area contributed by atoms with Crippen molar-refractivity contribution < 1.29 is 9.32 Å². The van der Waals surface area contributed by atoms with Crippen LogP contribution in [0.2, 0.25) is 5.02 Å². The highest BCUT2D eigenvalue weighted by molar-refractivity contribution is 6.30. The van der Waals surface area contributed by atoms with Crippen LogP contribution >= 0.6 is 11.6 Å². The number of nitrogens with one attached hydrogen (secondary N) is 1. The molecule has 0 radical (unpaired) electrons. The standard InChI is InChI=1S/C25H23ClN4O2/c1-17(20-9-6-10-22(15-20)27-25(31)19-7-4-3-5-8-19)30(2)16-23-28-24(29-32-23)18-11-13-21(26)14-12-18/h3-15,17H,16H2,1-2H3,(H,27,31)/t17-/m0/s1. The van der Waals surface area contributed by atoms with Crippen molar-refractivity contribution in [3.8, 4) is 11.4 Å². The highest BCUT2D eigenvalue weighted by atomic mass is 35.5. The van der Waals surface area contributed by atoms with E-state index in [1.807, 2.05) is 61.6 Å². The van der Waals surface area contributed by atoms with E-state index < -0.39 is 0 Å². The number of halogens is 1. The van der Waals surface area contributed by atoms with Crippen molar-refractivity contribution in [1.82, 2.24) is 15.0 Å². The van der Waals surface area contributed by atoms with Crippen LogP contribution in [0.1, 0.15) is 34.8 Å². The Morgan fingerprint density at radius 1 is 1.06 bits per heavy atom. The minimum absolute atomic E-state index is 0.0643. The molecule has 3 aromatic carbocycles. The molecule has 6 nitrogen and oxygen atoms in total. The topological polar surface area (TPSA) is 71.3 Å². The van der Waals surface area contributed by atoms with Gasteiger partial charge in [-0.25, -0.2) is 0 Å². The summed E-state index contributed by atoms with van der Waals surface area (Å²) < 4.78 is 5.44. The molecule has 0 saturated heterocycles. The van der Waals surface area contributed by atoms with Gasteiger partial charge in [0.15, 0.2) is 0 Å². The van der Waals surface area contributed by atoms with Crippen LogP contribution in [0.3, 0.4) is 0 Å². The fourth-order valence-electron chi connectivity index (χ4n) is 3.31. The highest BCUT2D eigenvalue weighted by Crippen LogP contribution is 2.24. The van der Waals surface area contributed by atoms with Crippen LogP contribution in [0.25, 0.3) is 11.4 Å². The molecule has 1 amide bonds. The number of anilines is 1. The van der Waals surface area contributed by atoms with E-state index in [-0.39, 0.29) is 11.9 Å². The SMILES string of the molecule is C[C@@H](c1cccc(NC(=O)c2ccccc2)c1)N(C)Cc1nc(-c2ccc(Cl)cc2)no1. The van der Waals surface area contributed by atoms with E-state index in [1.54, 1.807) is 24.3 Å². The molecule has 0 aliphatic heterocycles. The average Bonchev–Trinajstić information content (AvgIpc) is 3.28. The monoisotopic (exact) mass is 446 g/mol. The molecule has 32 heavy (non-hydrogen) atoms. The van der Waals surface area contributed by atoms with Crippen LogP contribution in [0.15, 0.2) is 83.4 Å². The number of aromatic nitrogens is 2. The van der Waals surface area contributed by atoms with E-state index >= 15 is 0 Å². The summed E-state index contributed by atoms with van der Waals surface area (Å²) >= 11 is 5.94. The Labute approximate surface area is 191 Å². The van der Waals surface area contributed by atoms with Crippen LogP contribution < -0.4 is 5.32 Å². The molecule has 1 heterocycles. The van der Waals surface area contributed by atoms with Gasteiger partial charge < -0.3 is 9.84 Å². The third kappa shape index (κ3) is 5.22. The minimum Gasteiger partial charge on any atom is -0.338 e. The lowest BCUT2D eigenvalue weighted by atomic mass is 10.1. The lowest BCUT2D eigenvalue weighted by molar-refractivity contribution is 0.102. The Kier molecular flexibility index (Phi) is 6.63. The molecule has 0 spiro atoms. The summed E-state index contributed by atoms with van der Waals surface area (Å²) in [7, 11) is 1.99. The lowest BCUT2D eigenvalue weighted by Crippen LogP contribution is -2.22. The van der Waals surface area contributed by atoms with E-state index in [9.17, 15) is 4.79 Å². The summed E-state index contributed by atoms with van der Waals surface area (Å²) in [5, 5.41) is 7.69. The number of benzene rings is 3. The molecule has 1 aromatic heterocycles. The maximum Gasteiger partial charge on any atom is 0.255 e. The van der Waals surface area contributed by atoms with Gasteiger partial charge in [-0.15, -0.1) is 0 Å². The first-order valence-corrected chi connectivity index (χ1v) is 10.6. The number of amides is 1. The lowest BCUT2D eigenvalue weighted by Gasteiger charge is -2.24. The number of rotatable bonds is 7. The molecule has 0 aliphatic rings. The van der Waals surface area contributed by atoms with Gasteiger partial charge in [0.25, 0.3) is 5.91 Å². The van der Waals surface area contributed by atoms with Crippen molar-refractivity contribution in [3.05, 3.63) is 101 Å². The fourth-order valence-corrected chi connectivity index (χ4v) is 3.44. The van der Waals surface area contributed by atoms with Gasteiger partial charge in [-0.2, -0.15) is 4.98 Å². The number of nitrogens with zero attached hydrogens (tertiary/aromatic N) is 3. The average molecular weight is 447 g/mol. The Hall–Kier alpha value is -3.48. The van der Waals surface area contributed by atoms with E-state index in [2.05, 4.69) is 27.3 Å². The maximum atomic E-state index is 12.5. The second-order valence-corrected chi connectivity index (χ2v) is 7.99. The molecular weight excluding hydrogens is 424 g/mol. The quantitative estimate of drug-likeness (QED) is 0.386. The van der Waals surface area contributed by atoms with Crippen molar-refractivity contribution >= 4 is 23.2 Å². The van der Waals surface area contributed by atoms with Crippen LogP contribution in [0, 0.1) is 0 Å². The second-order valence-electron chi connectivity index (χ2n) is 7.56. The zero-order valence-electron chi connectivity index (χ0n) is 17.8. The zero-order valence-corrected chi connectivity index (χ0v) is 18.6. The number of hydrogen-bond donors (Lipinski definition) is 1. The predicted molar refractivity (Wildman–Crippen MR) is 125 cm³/mol. The molecule has 7 heteroatoms. The molecule has 162 valence electrons. The first-order chi connectivity index (χ1) is 15.5. The van der Waals surface area contributed by atoms with E-state index in [1.165, 1.54) is 0 Å². The number of hydrogen-bond acceptors (Lipinski definition) is 5. The van der Waals surface area contributed by atoms with Crippen LogP contribution in [0.5, 0.6) is 0 Å². The van der Waals surface area contributed by atoms with Gasteiger partial charge in [-0.1, -0.05) is 47.1 Å². The van der Waals surface area contributed by atoms with E-state index in [4.69, 9.17) is 16.1 Å². The van der Waals surface area contributed by atoms with Crippen molar-refractivity contribution in [2.45, 2.75) is 19.5 Å². The predicted octanol–water partition coefficient (Wildman–Crippen LogP) is 5.84. The second kappa shape index (κ2) is 9.77. The molecule has 4 rings (SSSR count). The Morgan fingerprint density at radius 3 is 2.56 bits per heavy atom. The molecule has 1 atom stereocenters. The van der Waals surface area contributed by atoms with Crippen molar-refractivity contribution in [2.75, 3.05) is 12.4 Å². The summed E-state index contributed by atoms with van der Waals surface area (Å²) in [6.07, 6.45) is 0. The Balaban J connectivity index is 1.42. The highest BCUT2D eigenvalue weighted by Gasteiger charge is 2.17. The van der Waals surface area contributed by atoms with Gasteiger partial charge in [0.05, 0.1) is 6.54 Å². The third-order valence-corrected chi connectivity index (χ3v) is 5.53. The smallest absolute Gasteiger partial charge is 0.255 e. The Bertz CT molecular complexity index is 1190. The molecule has 0 saturated carbocycles. The van der Waals surface area contributed by atoms with Crippen LogP contribution in [-0.4, -0.2) is 28.0 Å². The maximum absolute atomic E-state index is 12.5. The summed E-state index contributed by atoms with van der Waals surface area (Å²) in [6.45, 7) is 2.58. The first-order valence-electron chi connectivity index (χ1n) is 10.2. The van der Waals surface area contributed by atoms with Crippen LogP contribution in [0.4, 0.5) is 5.69 Å². The largest absolute Gasteiger partial charge is 0.338 e. The molecular formula is C25H23ClN4O2. The first kappa shape index (κ1) is 21.7. The van der Waals surface area contributed by atoms with Crippen molar-refractivity contribution in [3.63, 3.8) is 0 Å². The van der Waals surface area contributed by atoms with Crippen molar-refractivity contribution in [2.24, 2.45) is 0 Å². The third-order valence-electron chi connectivity index (χ3n) is 5.28. The fraction of sp³-hybridized carbons (Fsp3) is 0.160. The summed E-state index contributed by atoms with van der Waals surface area (Å²) in [5.41, 5.74) is 3.29. The van der Waals surface area contributed by atoms with Gasteiger partial charge in [0.1, 0.15) is 0 Å². The van der Waals surface area contributed by atoms with Gasteiger partial charge in [-0.05, 0) is 68.1 Å². The molecule has 0 fully saturated rings. The summed E-state index contributed by atoms with van der Waals surface area (Å²) in [6, 6.07) is 24.4. The zero-order chi connectivity index (χ0) is 22.5. The van der Waals surface area contributed by atoms with Gasteiger partial charge >= 0.3 is 0 Å². The molecule has 4 aromatic rings. The Morgan fingerprint density at radius 2 is 1.81 bits per heavy atom. The summed E-state index contributed by atoms with van der Waals surface area (Å²) in [4.78, 5) is 19.1.